The highest BCUT2D eigenvalue weighted by Crippen LogP contribution is 2.39. The van der Waals surface area contributed by atoms with Crippen LogP contribution in [0.3, 0.4) is 0 Å². The highest BCUT2D eigenvalue weighted by Gasteiger charge is 2.28. The van der Waals surface area contributed by atoms with Crippen LogP contribution in [0, 0.1) is 0 Å². The molecule has 0 fully saturated rings. The Balaban J connectivity index is 2.43. The third kappa shape index (κ3) is 3.73. The Bertz CT molecular complexity index is 1380. The van der Waals surface area contributed by atoms with Crippen molar-refractivity contribution in [1.29, 1.82) is 0 Å². The van der Waals surface area contributed by atoms with Gasteiger partial charge >= 0.3 is 0 Å². The molecule has 0 aliphatic carbocycles. The Morgan fingerprint density at radius 2 is 1.45 bits per heavy atom. The number of fused-ring (bicyclic) bond motifs is 1. The molecule has 0 aromatic heterocycles. The Morgan fingerprint density at radius 3 is 1.97 bits per heavy atom. The summed E-state index contributed by atoms with van der Waals surface area (Å²) in [5.74, 6) is -1.60. The Hall–Kier alpha value is -3.19. The van der Waals surface area contributed by atoms with Crippen LogP contribution in [0.1, 0.15) is 15.9 Å². The topological polar surface area (TPSA) is 198 Å². The van der Waals surface area contributed by atoms with Crippen molar-refractivity contribution in [1.82, 2.24) is 0 Å². The molecule has 0 radical (unpaired) electrons. The molecule has 0 saturated heterocycles. The van der Waals surface area contributed by atoms with Crippen LogP contribution >= 0.6 is 0 Å². The molecule has 0 heterocycles. The highest BCUT2D eigenvalue weighted by molar-refractivity contribution is 7.86. The van der Waals surface area contributed by atoms with E-state index in [9.17, 15) is 35.8 Å². The van der Waals surface area contributed by atoms with Gasteiger partial charge in [-0.1, -0.05) is 0 Å². The molecule has 12 heteroatoms. The standard InChI is InChI=1S/C17H14N2O8S2/c18-10-3-1-8(2-4-10)17(21)15-13(29(25,26)27)6-9-5-11(28(22,23)24)7-12(20)14(9)16(15)19/h1-7,20H,18-19H2,(H,22,23,24)(H,25,26,27). The molecule has 7 N–H and O–H groups in total. The number of hydrogen-bond acceptors (Lipinski definition) is 8. The van der Waals surface area contributed by atoms with Crippen molar-refractivity contribution >= 4 is 48.2 Å². The van der Waals surface area contributed by atoms with Crippen molar-refractivity contribution in [2.75, 3.05) is 11.5 Å². The number of nitrogen functional groups attached to an aromatic ring is 2. The number of aromatic hydroxyl groups is 1. The van der Waals surface area contributed by atoms with E-state index < -0.39 is 52.8 Å². The first-order chi connectivity index (χ1) is 13.3. The maximum absolute atomic E-state index is 12.9. The molecule has 152 valence electrons. The summed E-state index contributed by atoms with van der Waals surface area (Å²) in [6, 6.07) is 7.74. The fraction of sp³-hybridized carbons (Fsp3) is 0. The van der Waals surface area contributed by atoms with E-state index in [-0.39, 0.29) is 16.3 Å². The summed E-state index contributed by atoms with van der Waals surface area (Å²) >= 11 is 0. The smallest absolute Gasteiger partial charge is 0.295 e. The minimum absolute atomic E-state index is 0.00389. The summed E-state index contributed by atoms with van der Waals surface area (Å²) in [5, 5.41) is 9.74. The van der Waals surface area contributed by atoms with Gasteiger partial charge < -0.3 is 16.6 Å². The number of phenols is 1. The lowest BCUT2D eigenvalue weighted by atomic mass is 9.97. The molecule has 0 atom stereocenters. The van der Waals surface area contributed by atoms with E-state index in [0.717, 1.165) is 12.1 Å². The maximum atomic E-state index is 12.9. The number of benzene rings is 3. The molecule has 0 aliphatic rings. The highest BCUT2D eigenvalue weighted by atomic mass is 32.2. The lowest BCUT2D eigenvalue weighted by Crippen LogP contribution is -2.13. The Labute approximate surface area is 164 Å². The van der Waals surface area contributed by atoms with Crippen LogP contribution in [0.25, 0.3) is 10.8 Å². The maximum Gasteiger partial charge on any atom is 0.295 e. The molecule has 3 rings (SSSR count). The zero-order chi connectivity index (χ0) is 21.7. The third-order valence-electron chi connectivity index (χ3n) is 4.17. The first-order valence-electron chi connectivity index (χ1n) is 7.75. The SMILES string of the molecule is Nc1ccc(C(=O)c2c(S(=O)(=O)O)cc3cc(S(=O)(=O)O)cc(O)c3c2N)cc1. The van der Waals surface area contributed by atoms with Gasteiger partial charge in [-0.2, -0.15) is 16.8 Å². The summed E-state index contributed by atoms with van der Waals surface area (Å²) < 4.78 is 65.3. The van der Waals surface area contributed by atoms with E-state index in [4.69, 9.17) is 11.5 Å². The molecule has 3 aromatic carbocycles. The molecule has 3 aromatic rings. The van der Waals surface area contributed by atoms with Crippen molar-refractivity contribution < 1.29 is 35.8 Å². The predicted molar refractivity (Wildman–Crippen MR) is 104 cm³/mol. The monoisotopic (exact) mass is 438 g/mol. The molecule has 0 bridgehead atoms. The summed E-state index contributed by atoms with van der Waals surface area (Å²) in [6.45, 7) is 0. The predicted octanol–water partition coefficient (Wildman–Crippen LogP) is 1.43. The molecule has 0 saturated carbocycles. The first-order valence-corrected chi connectivity index (χ1v) is 10.6. The van der Waals surface area contributed by atoms with Crippen LogP contribution in [-0.2, 0) is 20.2 Å². The second-order valence-electron chi connectivity index (χ2n) is 6.11. The van der Waals surface area contributed by atoms with Gasteiger partial charge in [0.2, 0.25) is 0 Å². The van der Waals surface area contributed by atoms with Gasteiger partial charge in [-0.05, 0) is 41.8 Å². The zero-order valence-corrected chi connectivity index (χ0v) is 16.0. The van der Waals surface area contributed by atoms with Crippen molar-refractivity contribution in [3.63, 3.8) is 0 Å². The molecule has 0 aliphatic heterocycles. The van der Waals surface area contributed by atoms with Crippen LogP contribution in [0.4, 0.5) is 11.4 Å². The molecule has 29 heavy (non-hydrogen) atoms. The number of phenolic OH excluding ortho intramolecular Hbond substituents is 1. The van der Waals surface area contributed by atoms with Gasteiger partial charge in [0.05, 0.1) is 16.1 Å². The fourth-order valence-corrected chi connectivity index (χ4v) is 4.14. The minimum atomic E-state index is -4.99. The Kier molecular flexibility index (Phi) is 4.75. The molecule has 0 unspecified atom stereocenters. The average molecular weight is 438 g/mol. The third-order valence-corrected chi connectivity index (χ3v) is 5.88. The minimum Gasteiger partial charge on any atom is -0.507 e. The number of nitrogens with two attached hydrogens (primary N) is 2. The van der Waals surface area contributed by atoms with Gasteiger partial charge in [0.25, 0.3) is 20.2 Å². The quantitative estimate of drug-likeness (QED) is 0.225. The molecular formula is C17H14N2O8S2. The Morgan fingerprint density at radius 1 is 0.862 bits per heavy atom. The van der Waals surface area contributed by atoms with E-state index in [1.54, 1.807) is 0 Å². The van der Waals surface area contributed by atoms with Gasteiger partial charge in [0.15, 0.2) is 5.78 Å². The zero-order valence-electron chi connectivity index (χ0n) is 14.4. The fourth-order valence-electron chi connectivity index (χ4n) is 2.87. The van der Waals surface area contributed by atoms with Gasteiger partial charge in [0.1, 0.15) is 10.6 Å². The van der Waals surface area contributed by atoms with Gasteiger partial charge in [-0.25, -0.2) is 0 Å². The van der Waals surface area contributed by atoms with Crippen molar-refractivity contribution in [3.05, 3.63) is 53.6 Å². The first kappa shape index (κ1) is 20.5. The van der Waals surface area contributed by atoms with Crippen LogP contribution in [-0.4, -0.2) is 36.8 Å². The van der Waals surface area contributed by atoms with E-state index >= 15 is 0 Å². The van der Waals surface area contributed by atoms with Gasteiger partial charge in [0, 0.05) is 22.7 Å². The van der Waals surface area contributed by atoms with Crippen LogP contribution in [0.15, 0.2) is 52.3 Å². The number of anilines is 2. The molecular weight excluding hydrogens is 424 g/mol. The van der Waals surface area contributed by atoms with Gasteiger partial charge in [-0.3, -0.25) is 13.9 Å². The summed E-state index contributed by atoms with van der Waals surface area (Å²) in [4.78, 5) is 11.3. The van der Waals surface area contributed by atoms with E-state index in [0.29, 0.717) is 11.8 Å². The van der Waals surface area contributed by atoms with Crippen molar-refractivity contribution in [3.8, 4) is 5.75 Å². The average Bonchev–Trinajstić information content (AvgIpc) is 2.59. The van der Waals surface area contributed by atoms with Crippen LogP contribution < -0.4 is 11.5 Å². The second kappa shape index (κ2) is 6.70. The second-order valence-corrected chi connectivity index (χ2v) is 8.92. The number of rotatable bonds is 4. The normalized spacial score (nSPS) is 12.2. The largest absolute Gasteiger partial charge is 0.507 e. The van der Waals surface area contributed by atoms with E-state index in [1.807, 2.05) is 0 Å². The number of carbonyl (C=O) groups is 1. The van der Waals surface area contributed by atoms with Gasteiger partial charge in [-0.15, -0.1) is 0 Å². The van der Waals surface area contributed by atoms with Crippen LogP contribution in [0.5, 0.6) is 5.75 Å². The van der Waals surface area contributed by atoms with E-state index in [2.05, 4.69) is 0 Å². The lowest BCUT2D eigenvalue weighted by Gasteiger charge is -2.15. The molecule has 0 amide bonds. The number of carbonyl (C=O) groups excluding carboxylic acids is 1. The molecule has 0 spiro atoms. The summed E-state index contributed by atoms with van der Waals surface area (Å²) in [6.07, 6.45) is 0. The van der Waals surface area contributed by atoms with Crippen LogP contribution in [0.2, 0.25) is 0 Å². The lowest BCUT2D eigenvalue weighted by molar-refractivity contribution is 0.103. The van der Waals surface area contributed by atoms with Crippen molar-refractivity contribution in [2.24, 2.45) is 0 Å². The molecule has 10 nitrogen and oxygen atoms in total. The van der Waals surface area contributed by atoms with Crippen molar-refractivity contribution in [2.45, 2.75) is 9.79 Å². The number of ketones is 1. The number of hydrogen-bond donors (Lipinski definition) is 5. The van der Waals surface area contributed by atoms with E-state index in [1.165, 1.54) is 24.3 Å². The summed E-state index contributed by atoms with van der Waals surface area (Å²) in [5.41, 5.74) is 10.8. The summed E-state index contributed by atoms with van der Waals surface area (Å²) in [7, 11) is -9.73.